The number of rotatable bonds is 6. The number of aryl methyl sites for hydroxylation is 1. The van der Waals surface area contributed by atoms with Gasteiger partial charge >= 0.3 is 0 Å². The summed E-state index contributed by atoms with van der Waals surface area (Å²) in [6.07, 6.45) is 1.39. The van der Waals surface area contributed by atoms with E-state index in [9.17, 15) is 19.7 Å². The number of nitro groups is 1. The van der Waals surface area contributed by atoms with Crippen LogP contribution < -0.4 is 10.6 Å². The number of non-ortho nitro benzene ring substituents is 1. The molecule has 1 atom stereocenters. The summed E-state index contributed by atoms with van der Waals surface area (Å²) in [4.78, 5) is 37.5. The molecule has 8 nitrogen and oxygen atoms in total. The van der Waals surface area contributed by atoms with Crippen molar-refractivity contribution in [2.45, 2.75) is 25.8 Å². The van der Waals surface area contributed by atoms with Crippen molar-refractivity contribution in [2.75, 3.05) is 23.7 Å². The van der Waals surface area contributed by atoms with Crippen molar-refractivity contribution in [3.8, 4) is 0 Å². The maximum absolute atomic E-state index is 12.7. The van der Waals surface area contributed by atoms with Gasteiger partial charge in [-0.2, -0.15) is 0 Å². The van der Waals surface area contributed by atoms with Crippen LogP contribution in [-0.2, 0) is 9.59 Å². The van der Waals surface area contributed by atoms with Crippen LogP contribution in [0.1, 0.15) is 18.4 Å². The second-order valence-electron chi connectivity index (χ2n) is 7.08. The summed E-state index contributed by atoms with van der Waals surface area (Å²) in [7, 11) is 0. The minimum Gasteiger partial charge on any atom is -0.325 e. The number of nitro benzene ring substituents is 1. The van der Waals surface area contributed by atoms with Crippen LogP contribution in [0.2, 0.25) is 10.0 Å². The number of likely N-dealkylation sites (tertiary alicyclic amines) is 1. The van der Waals surface area contributed by atoms with E-state index in [1.807, 2.05) is 0 Å². The molecule has 1 fully saturated rings. The molecule has 2 aromatic rings. The van der Waals surface area contributed by atoms with E-state index in [0.717, 1.165) is 6.42 Å². The second kappa shape index (κ2) is 9.42. The van der Waals surface area contributed by atoms with Gasteiger partial charge in [0.1, 0.15) is 0 Å². The predicted molar refractivity (Wildman–Crippen MR) is 116 cm³/mol. The number of hydrogen-bond acceptors (Lipinski definition) is 5. The van der Waals surface area contributed by atoms with Crippen LogP contribution in [0.3, 0.4) is 0 Å². The molecule has 158 valence electrons. The van der Waals surface area contributed by atoms with E-state index in [4.69, 9.17) is 23.2 Å². The molecule has 1 heterocycles. The van der Waals surface area contributed by atoms with Crippen LogP contribution in [0.15, 0.2) is 36.4 Å². The molecule has 1 aliphatic rings. The third-order valence-corrected chi connectivity index (χ3v) is 5.29. The molecule has 0 aromatic heterocycles. The molecule has 2 N–H and O–H groups in total. The van der Waals surface area contributed by atoms with E-state index >= 15 is 0 Å². The van der Waals surface area contributed by atoms with Gasteiger partial charge in [-0.15, -0.1) is 0 Å². The van der Waals surface area contributed by atoms with Crippen molar-refractivity contribution in [2.24, 2.45) is 0 Å². The highest BCUT2D eigenvalue weighted by molar-refractivity contribution is 6.35. The smallest absolute Gasteiger partial charge is 0.271 e. The first kappa shape index (κ1) is 22.0. The Morgan fingerprint density at radius 3 is 2.53 bits per heavy atom. The van der Waals surface area contributed by atoms with Gasteiger partial charge in [-0.3, -0.25) is 24.6 Å². The summed E-state index contributed by atoms with van der Waals surface area (Å²) in [5, 5.41) is 17.3. The van der Waals surface area contributed by atoms with Gasteiger partial charge in [0.15, 0.2) is 0 Å². The van der Waals surface area contributed by atoms with Crippen LogP contribution >= 0.6 is 23.2 Å². The Morgan fingerprint density at radius 2 is 1.87 bits per heavy atom. The Bertz CT molecular complexity index is 979. The molecule has 0 spiro atoms. The molecule has 1 aliphatic heterocycles. The lowest BCUT2D eigenvalue weighted by Gasteiger charge is -2.23. The Hall–Kier alpha value is -2.68. The van der Waals surface area contributed by atoms with Crippen molar-refractivity contribution in [1.29, 1.82) is 0 Å². The molecule has 2 aromatic carbocycles. The fraction of sp³-hybridized carbons (Fsp3) is 0.300. The number of nitrogens with zero attached hydrogens (tertiary/aromatic N) is 2. The van der Waals surface area contributed by atoms with Crippen LogP contribution in [0, 0.1) is 17.0 Å². The summed E-state index contributed by atoms with van der Waals surface area (Å²) < 4.78 is 0. The molecular weight excluding hydrogens is 431 g/mol. The van der Waals surface area contributed by atoms with E-state index in [-0.39, 0.29) is 24.0 Å². The molecule has 0 bridgehead atoms. The lowest BCUT2D eigenvalue weighted by molar-refractivity contribution is -0.384. The van der Waals surface area contributed by atoms with Gasteiger partial charge in [-0.25, -0.2) is 0 Å². The van der Waals surface area contributed by atoms with E-state index in [0.29, 0.717) is 39.9 Å². The lowest BCUT2D eigenvalue weighted by atomic mass is 10.1. The average molecular weight is 451 g/mol. The van der Waals surface area contributed by atoms with Crippen molar-refractivity contribution < 1.29 is 14.5 Å². The standard InChI is InChI=1S/C20H20Cl2N4O4/c1-12-4-5-16(26(29)30)10-17(12)24-19(27)11-25-6-2-3-18(25)20(28)23-15-8-13(21)7-14(22)9-15/h4-5,7-10,18H,2-3,6,11H2,1H3,(H,23,28)(H,24,27). The van der Waals surface area contributed by atoms with Gasteiger partial charge in [-0.05, 0) is 50.1 Å². The van der Waals surface area contributed by atoms with Gasteiger partial charge in [0.25, 0.3) is 5.69 Å². The minimum atomic E-state index is -0.516. The average Bonchev–Trinajstić information content (AvgIpc) is 3.10. The van der Waals surface area contributed by atoms with Crippen LogP contribution in [0.25, 0.3) is 0 Å². The van der Waals surface area contributed by atoms with Crippen molar-refractivity contribution in [3.05, 3.63) is 62.1 Å². The number of amides is 2. The normalized spacial score (nSPS) is 16.3. The maximum atomic E-state index is 12.7. The van der Waals surface area contributed by atoms with Gasteiger partial charge < -0.3 is 10.6 Å². The zero-order valence-electron chi connectivity index (χ0n) is 16.2. The fourth-order valence-corrected chi connectivity index (χ4v) is 3.92. The molecule has 3 rings (SSSR count). The highest BCUT2D eigenvalue weighted by Crippen LogP contribution is 2.25. The SMILES string of the molecule is Cc1ccc([N+](=O)[O-])cc1NC(=O)CN1CCCC1C(=O)Nc1cc(Cl)cc(Cl)c1. The molecule has 1 unspecified atom stereocenters. The molecule has 0 aliphatic carbocycles. The summed E-state index contributed by atoms with van der Waals surface area (Å²) >= 11 is 11.9. The largest absolute Gasteiger partial charge is 0.325 e. The summed E-state index contributed by atoms with van der Waals surface area (Å²) in [6.45, 7) is 2.34. The van der Waals surface area contributed by atoms with Gasteiger partial charge in [-0.1, -0.05) is 29.3 Å². The molecule has 0 radical (unpaired) electrons. The first-order chi connectivity index (χ1) is 14.2. The zero-order chi connectivity index (χ0) is 21.8. The van der Waals surface area contributed by atoms with Crippen molar-refractivity contribution >= 4 is 52.1 Å². The van der Waals surface area contributed by atoms with E-state index in [1.54, 1.807) is 36.1 Å². The lowest BCUT2D eigenvalue weighted by Crippen LogP contribution is -2.43. The van der Waals surface area contributed by atoms with Gasteiger partial charge in [0.05, 0.1) is 23.2 Å². The molecule has 10 heteroatoms. The number of carbonyl (C=O) groups is 2. The topological polar surface area (TPSA) is 105 Å². The number of hydrogen-bond donors (Lipinski definition) is 2. The number of benzene rings is 2. The minimum absolute atomic E-state index is 0.00345. The van der Waals surface area contributed by atoms with E-state index in [1.165, 1.54) is 12.1 Å². The predicted octanol–water partition coefficient (Wildman–Crippen LogP) is 4.25. The highest BCUT2D eigenvalue weighted by atomic mass is 35.5. The quantitative estimate of drug-likeness (QED) is 0.505. The molecule has 2 amide bonds. The highest BCUT2D eigenvalue weighted by Gasteiger charge is 2.32. The Balaban J connectivity index is 1.64. The van der Waals surface area contributed by atoms with Gasteiger partial charge in [0.2, 0.25) is 11.8 Å². The van der Waals surface area contributed by atoms with Crippen LogP contribution in [0.5, 0.6) is 0 Å². The first-order valence-corrected chi connectivity index (χ1v) is 10.0. The monoisotopic (exact) mass is 450 g/mol. The number of anilines is 2. The van der Waals surface area contributed by atoms with E-state index < -0.39 is 11.0 Å². The Labute approximate surface area is 183 Å². The van der Waals surface area contributed by atoms with Crippen molar-refractivity contribution in [3.63, 3.8) is 0 Å². The Kier molecular flexibility index (Phi) is 6.91. The Morgan fingerprint density at radius 1 is 1.17 bits per heavy atom. The van der Waals surface area contributed by atoms with Crippen molar-refractivity contribution in [1.82, 2.24) is 4.90 Å². The second-order valence-corrected chi connectivity index (χ2v) is 7.95. The first-order valence-electron chi connectivity index (χ1n) is 9.29. The number of nitrogens with one attached hydrogen (secondary N) is 2. The fourth-order valence-electron chi connectivity index (χ4n) is 3.40. The molecule has 30 heavy (non-hydrogen) atoms. The third kappa shape index (κ3) is 5.47. The summed E-state index contributed by atoms with van der Waals surface area (Å²) in [5.41, 5.74) is 1.47. The summed E-state index contributed by atoms with van der Waals surface area (Å²) in [6, 6.07) is 8.58. The van der Waals surface area contributed by atoms with Crippen LogP contribution in [-0.4, -0.2) is 40.8 Å². The molecular formula is C20H20Cl2N4O4. The summed E-state index contributed by atoms with van der Waals surface area (Å²) in [5.74, 6) is -0.589. The third-order valence-electron chi connectivity index (χ3n) is 4.85. The zero-order valence-corrected chi connectivity index (χ0v) is 17.7. The molecule has 1 saturated heterocycles. The maximum Gasteiger partial charge on any atom is 0.271 e. The molecule has 0 saturated carbocycles. The van der Waals surface area contributed by atoms with E-state index in [2.05, 4.69) is 10.6 Å². The number of carbonyl (C=O) groups excluding carboxylic acids is 2. The van der Waals surface area contributed by atoms with Crippen LogP contribution in [0.4, 0.5) is 17.1 Å². The number of halogens is 2. The van der Waals surface area contributed by atoms with Gasteiger partial charge in [0, 0.05) is 27.9 Å².